The van der Waals surface area contributed by atoms with Crippen LogP contribution in [0.5, 0.6) is 0 Å². The van der Waals surface area contributed by atoms with Crippen LogP contribution < -0.4 is 11.1 Å². The zero-order valence-electron chi connectivity index (χ0n) is 10.2. The highest BCUT2D eigenvalue weighted by molar-refractivity contribution is 7.10. The molecule has 0 aliphatic carbocycles. The van der Waals surface area contributed by atoms with Crippen molar-refractivity contribution in [3.63, 3.8) is 0 Å². The molecule has 0 radical (unpaired) electrons. The maximum absolute atomic E-state index is 11.2. The van der Waals surface area contributed by atoms with Crippen molar-refractivity contribution < 1.29 is 4.79 Å². The molecule has 18 heavy (non-hydrogen) atoms. The molecule has 0 unspecified atom stereocenters. The Morgan fingerprint density at radius 1 is 1.22 bits per heavy atom. The van der Waals surface area contributed by atoms with E-state index in [0.29, 0.717) is 0 Å². The van der Waals surface area contributed by atoms with Gasteiger partial charge in [-0.25, -0.2) is 0 Å². The Kier molecular flexibility index (Phi) is 4.12. The zero-order chi connectivity index (χ0) is 13.0. The fourth-order valence-electron chi connectivity index (χ4n) is 1.78. The zero-order valence-corrected chi connectivity index (χ0v) is 11.0. The molecule has 1 amide bonds. The number of amides is 1. The molecule has 2 aromatic rings. The molecule has 2 atom stereocenters. The van der Waals surface area contributed by atoms with E-state index in [1.807, 2.05) is 41.8 Å². The molecule has 3 nitrogen and oxygen atoms in total. The van der Waals surface area contributed by atoms with Crippen molar-refractivity contribution in [2.75, 3.05) is 0 Å². The molecule has 0 aliphatic rings. The van der Waals surface area contributed by atoms with E-state index in [4.69, 9.17) is 5.73 Å². The highest BCUT2D eigenvalue weighted by Gasteiger charge is 2.19. The van der Waals surface area contributed by atoms with Crippen molar-refractivity contribution in [1.82, 2.24) is 5.32 Å². The first-order valence-corrected chi connectivity index (χ1v) is 6.70. The van der Waals surface area contributed by atoms with Gasteiger partial charge in [-0.05, 0) is 23.9 Å². The average Bonchev–Trinajstić information content (AvgIpc) is 2.90. The molecule has 4 heteroatoms. The second-order valence-electron chi connectivity index (χ2n) is 4.15. The average molecular weight is 260 g/mol. The standard InChI is InChI=1S/C14H16N2OS/c1-10(14(15)17)16-13(12-8-5-9-18-12)11-6-3-2-4-7-11/h2-10,13,16H,1H3,(H2,15,17)/t10-,13-/m0/s1. The van der Waals surface area contributed by atoms with Crippen LogP contribution in [0.2, 0.25) is 0 Å². The Morgan fingerprint density at radius 2 is 1.94 bits per heavy atom. The summed E-state index contributed by atoms with van der Waals surface area (Å²) < 4.78 is 0. The molecule has 0 saturated carbocycles. The summed E-state index contributed by atoms with van der Waals surface area (Å²) in [5.41, 5.74) is 6.45. The Balaban J connectivity index is 2.27. The maximum Gasteiger partial charge on any atom is 0.234 e. The van der Waals surface area contributed by atoms with Crippen molar-refractivity contribution in [2.24, 2.45) is 5.73 Å². The van der Waals surface area contributed by atoms with E-state index < -0.39 is 0 Å². The molecule has 1 aromatic carbocycles. The predicted octanol–water partition coefficient (Wildman–Crippen LogP) is 2.30. The van der Waals surface area contributed by atoms with Gasteiger partial charge in [0.05, 0.1) is 12.1 Å². The number of carbonyl (C=O) groups is 1. The van der Waals surface area contributed by atoms with Gasteiger partial charge in [-0.1, -0.05) is 36.4 Å². The van der Waals surface area contributed by atoms with Crippen molar-refractivity contribution in [1.29, 1.82) is 0 Å². The Labute approximate surface area is 111 Å². The van der Waals surface area contributed by atoms with E-state index in [1.54, 1.807) is 18.3 Å². The minimum atomic E-state index is -0.364. The summed E-state index contributed by atoms with van der Waals surface area (Å²) in [4.78, 5) is 12.4. The van der Waals surface area contributed by atoms with Gasteiger partial charge in [0.2, 0.25) is 5.91 Å². The van der Waals surface area contributed by atoms with Crippen LogP contribution in [0.1, 0.15) is 23.4 Å². The summed E-state index contributed by atoms with van der Waals surface area (Å²) >= 11 is 1.66. The number of rotatable bonds is 5. The van der Waals surface area contributed by atoms with E-state index in [0.717, 1.165) is 5.56 Å². The molecule has 0 spiro atoms. The number of hydrogen-bond acceptors (Lipinski definition) is 3. The van der Waals surface area contributed by atoms with E-state index in [9.17, 15) is 4.79 Å². The molecule has 0 aliphatic heterocycles. The molecule has 0 saturated heterocycles. The van der Waals surface area contributed by atoms with E-state index in [-0.39, 0.29) is 18.0 Å². The minimum Gasteiger partial charge on any atom is -0.368 e. The van der Waals surface area contributed by atoms with Crippen molar-refractivity contribution in [3.8, 4) is 0 Å². The molecule has 1 heterocycles. The highest BCUT2D eigenvalue weighted by atomic mass is 32.1. The minimum absolute atomic E-state index is 0.00806. The molecule has 3 N–H and O–H groups in total. The van der Waals surface area contributed by atoms with Crippen LogP contribution in [0.3, 0.4) is 0 Å². The highest BCUT2D eigenvalue weighted by Crippen LogP contribution is 2.26. The number of thiophene rings is 1. The second kappa shape index (κ2) is 5.80. The Bertz CT molecular complexity index is 496. The molecule has 0 bridgehead atoms. The number of nitrogens with one attached hydrogen (secondary N) is 1. The van der Waals surface area contributed by atoms with Crippen LogP contribution in [-0.2, 0) is 4.79 Å². The van der Waals surface area contributed by atoms with Crippen LogP contribution in [0, 0.1) is 0 Å². The Morgan fingerprint density at radius 3 is 2.50 bits per heavy atom. The van der Waals surface area contributed by atoms with E-state index in [1.165, 1.54) is 4.88 Å². The fraction of sp³-hybridized carbons (Fsp3) is 0.214. The smallest absolute Gasteiger partial charge is 0.234 e. The predicted molar refractivity (Wildman–Crippen MR) is 74.4 cm³/mol. The van der Waals surface area contributed by atoms with Gasteiger partial charge in [-0.15, -0.1) is 11.3 Å². The number of primary amides is 1. The van der Waals surface area contributed by atoms with Gasteiger partial charge in [0.1, 0.15) is 0 Å². The van der Waals surface area contributed by atoms with Gasteiger partial charge < -0.3 is 5.73 Å². The maximum atomic E-state index is 11.2. The Hall–Kier alpha value is -1.65. The summed E-state index contributed by atoms with van der Waals surface area (Å²) in [5.74, 6) is -0.340. The number of nitrogens with two attached hydrogens (primary N) is 1. The van der Waals surface area contributed by atoms with Gasteiger partial charge >= 0.3 is 0 Å². The van der Waals surface area contributed by atoms with Crippen LogP contribution in [0.25, 0.3) is 0 Å². The fourth-order valence-corrected chi connectivity index (χ4v) is 2.59. The summed E-state index contributed by atoms with van der Waals surface area (Å²) in [5, 5.41) is 5.30. The van der Waals surface area contributed by atoms with Gasteiger partial charge in [0.15, 0.2) is 0 Å². The van der Waals surface area contributed by atoms with Gasteiger partial charge in [0, 0.05) is 4.88 Å². The van der Waals surface area contributed by atoms with Crippen molar-refractivity contribution in [3.05, 3.63) is 58.3 Å². The molecular formula is C14H16N2OS. The third kappa shape index (κ3) is 2.97. The van der Waals surface area contributed by atoms with Crippen LogP contribution in [0.4, 0.5) is 0 Å². The summed E-state index contributed by atoms with van der Waals surface area (Å²) in [6.45, 7) is 1.78. The third-order valence-electron chi connectivity index (χ3n) is 2.80. The van der Waals surface area contributed by atoms with Crippen molar-refractivity contribution in [2.45, 2.75) is 19.0 Å². The first kappa shape index (κ1) is 12.8. The lowest BCUT2D eigenvalue weighted by Crippen LogP contribution is -2.40. The lowest BCUT2D eigenvalue weighted by atomic mass is 10.0. The number of benzene rings is 1. The molecular weight excluding hydrogens is 244 g/mol. The topological polar surface area (TPSA) is 55.1 Å². The molecule has 0 fully saturated rings. The summed E-state index contributed by atoms with van der Waals surface area (Å²) in [6.07, 6.45) is 0. The lowest BCUT2D eigenvalue weighted by Gasteiger charge is -2.21. The number of hydrogen-bond donors (Lipinski definition) is 2. The SMILES string of the molecule is C[C@H](N[C@@H](c1ccccc1)c1cccs1)C(N)=O. The summed E-state index contributed by atoms with van der Waals surface area (Å²) in [6, 6.07) is 13.8. The second-order valence-corrected chi connectivity index (χ2v) is 5.13. The van der Waals surface area contributed by atoms with Gasteiger partial charge in [0.25, 0.3) is 0 Å². The molecule has 2 rings (SSSR count). The van der Waals surface area contributed by atoms with E-state index >= 15 is 0 Å². The molecule has 1 aromatic heterocycles. The van der Waals surface area contributed by atoms with Gasteiger partial charge in [-0.3, -0.25) is 10.1 Å². The molecule has 94 valence electrons. The van der Waals surface area contributed by atoms with Gasteiger partial charge in [-0.2, -0.15) is 0 Å². The largest absolute Gasteiger partial charge is 0.368 e. The number of carbonyl (C=O) groups excluding carboxylic acids is 1. The quantitative estimate of drug-likeness (QED) is 0.866. The first-order valence-electron chi connectivity index (χ1n) is 5.82. The van der Waals surface area contributed by atoms with E-state index in [2.05, 4.69) is 11.4 Å². The first-order chi connectivity index (χ1) is 8.68. The van der Waals surface area contributed by atoms with Crippen LogP contribution in [0.15, 0.2) is 47.8 Å². The lowest BCUT2D eigenvalue weighted by molar-refractivity contribution is -0.119. The monoisotopic (exact) mass is 260 g/mol. The van der Waals surface area contributed by atoms with Crippen LogP contribution >= 0.6 is 11.3 Å². The van der Waals surface area contributed by atoms with Crippen molar-refractivity contribution >= 4 is 17.2 Å². The van der Waals surface area contributed by atoms with Crippen LogP contribution in [-0.4, -0.2) is 11.9 Å². The third-order valence-corrected chi connectivity index (χ3v) is 3.74. The summed E-state index contributed by atoms with van der Waals surface area (Å²) in [7, 11) is 0. The normalized spacial score (nSPS) is 14.1.